The summed E-state index contributed by atoms with van der Waals surface area (Å²) in [4.78, 5) is 14.5. The average Bonchev–Trinajstić information content (AvgIpc) is 2.61. The van der Waals surface area contributed by atoms with Crippen molar-refractivity contribution in [1.29, 1.82) is 0 Å². The number of carbonyl (C=O) groups excluding carboxylic acids is 1. The maximum atomic E-state index is 12.6. The summed E-state index contributed by atoms with van der Waals surface area (Å²) in [6, 6.07) is 8.42. The van der Waals surface area contributed by atoms with Gasteiger partial charge in [-0.15, -0.1) is 0 Å². The highest BCUT2D eigenvalue weighted by molar-refractivity contribution is 5.82. The van der Waals surface area contributed by atoms with Crippen LogP contribution in [0.5, 0.6) is 0 Å². The second-order valence-electron chi connectivity index (χ2n) is 7.56. The molecule has 0 aliphatic carbocycles. The lowest BCUT2D eigenvalue weighted by Gasteiger charge is -2.38. The fourth-order valence-electron chi connectivity index (χ4n) is 3.67. The molecule has 1 atom stereocenters. The Hall–Kier alpha value is -1.47. The van der Waals surface area contributed by atoms with Gasteiger partial charge in [-0.25, -0.2) is 0 Å². The molecule has 6 nitrogen and oxygen atoms in total. The summed E-state index contributed by atoms with van der Waals surface area (Å²) in [5.74, 6) is -0.859. The van der Waals surface area contributed by atoms with Crippen LogP contribution in [0.3, 0.4) is 0 Å². The number of hydrogen-bond donors (Lipinski definition) is 4. The molecule has 3 rings (SSSR count). The normalized spacial score (nSPS) is 24.5. The Kier molecular flexibility index (Phi) is 5.43. The SMILES string of the molecule is CC(C)c1cccc(C2CCN(C(=O)C3CNC(O)(O)CN3)CC2)c1. The summed E-state index contributed by atoms with van der Waals surface area (Å²) in [5, 5.41) is 24.4. The van der Waals surface area contributed by atoms with Crippen LogP contribution in [-0.4, -0.2) is 59.2 Å². The molecule has 0 radical (unpaired) electrons. The Bertz CT molecular complexity index is 600. The maximum absolute atomic E-state index is 12.6. The van der Waals surface area contributed by atoms with Crippen molar-refractivity contribution in [2.45, 2.75) is 50.5 Å². The van der Waals surface area contributed by atoms with Crippen LogP contribution in [0.2, 0.25) is 0 Å². The first-order valence-corrected chi connectivity index (χ1v) is 9.17. The Balaban J connectivity index is 1.55. The van der Waals surface area contributed by atoms with Crippen LogP contribution in [0.4, 0.5) is 0 Å². The summed E-state index contributed by atoms with van der Waals surface area (Å²) in [6.07, 6.45) is 1.94. The number of aliphatic hydroxyl groups is 2. The first kappa shape index (κ1) is 18.3. The van der Waals surface area contributed by atoms with E-state index in [0.717, 1.165) is 25.9 Å². The number of β-amino-alcohol motifs (C(OH)–C–C–N with tert-alkyl or cyclic N) is 2. The molecule has 138 valence electrons. The molecule has 1 amide bonds. The van der Waals surface area contributed by atoms with Crippen LogP contribution in [0.25, 0.3) is 0 Å². The predicted molar refractivity (Wildman–Crippen MR) is 96.0 cm³/mol. The first-order chi connectivity index (χ1) is 11.9. The van der Waals surface area contributed by atoms with Crippen molar-refractivity contribution in [1.82, 2.24) is 15.5 Å². The van der Waals surface area contributed by atoms with Crippen molar-refractivity contribution in [3.8, 4) is 0 Å². The minimum atomic E-state index is -1.93. The van der Waals surface area contributed by atoms with E-state index in [4.69, 9.17) is 0 Å². The van der Waals surface area contributed by atoms with E-state index >= 15 is 0 Å². The van der Waals surface area contributed by atoms with E-state index in [-0.39, 0.29) is 19.0 Å². The molecule has 0 saturated carbocycles. The molecule has 2 saturated heterocycles. The minimum absolute atomic E-state index is 0.0392. The zero-order valence-corrected chi connectivity index (χ0v) is 15.0. The molecule has 4 N–H and O–H groups in total. The molecule has 6 heteroatoms. The molecule has 1 aromatic rings. The van der Waals surface area contributed by atoms with Crippen LogP contribution in [0.1, 0.15) is 49.7 Å². The Labute approximate surface area is 149 Å². The molecule has 25 heavy (non-hydrogen) atoms. The Morgan fingerprint density at radius 3 is 2.60 bits per heavy atom. The van der Waals surface area contributed by atoms with Crippen LogP contribution in [0.15, 0.2) is 24.3 Å². The Morgan fingerprint density at radius 2 is 2.00 bits per heavy atom. The van der Waals surface area contributed by atoms with Gasteiger partial charge >= 0.3 is 0 Å². The topological polar surface area (TPSA) is 84.8 Å². The Morgan fingerprint density at radius 1 is 1.28 bits per heavy atom. The number of rotatable bonds is 3. The molecule has 2 heterocycles. The fraction of sp³-hybridized carbons (Fsp3) is 0.632. The van der Waals surface area contributed by atoms with Gasteiger partial charge in [-0.05, 0) is 35.8 Å². The third kappa shape index (κ3) is 4.39. The molecule has 2 aliphatic heterocycles. The number of hydrogen-bond acceptors (Lipinski definition) is 5. The van der Waals surface area contributed by atoms with Crippen LogP contribution in [-0.2, 0) is 4.79 Å². The highest BCUT2D eigenvalue weighted by Gasteiger charge is 2.35. The molecule has 0 aromatic heterocycles. The van der Waals surface area contributed by atoms with E-state index in [9.17, 15) is 15.0 Å². The summed E-state index contributed by atoms with van der Waals surface area (Å²) in [7, 11) is 0. The van der Waals surface area contributed by atoms with Gasteiger partial charge < -0.3 is 15.1 Å². The fourth-order valence-corrected chi connectivity index (χ4v) is 3.67. The van der Waals surface area contributed by atoms with Gasteiger partial charge in [0.15, 0.2) is 0 Å². The number of piperazine rings is 1. The van der Waals surface area contributed by atoms with Crippen molar-refractivity contribution < 1.29 is 15.0 Å². The average molecular weight is 347 g/mol. The molecular formula is C19H29N3O3. The lowest BCUT2D eigenvalue weighted by molar-refractivity contribution is -0.194. The van der Waals surface area contributed by atoms with Crippen molar-refractivity contribution in [3.63, 3.8) is 0 Å². The van der Waals surface area contributed by atoms with Gasteiger partial charge in [-0.1, -0.05) is 38.1 Å². The van der Waals surface area contributed by atoms with E-state index in [0.29, 0.717) is 11.8 Å². The number of likely N-dealkylation sites (tertiary alicyclic amines) is 1. The minimum Gasteiger partial charge on any atom is -0.352 e. The van der Waals surface area contributed by atoms with Gasteiger partial charge in [0.25, 0.3) is 0 Å². The second kappa shape index (κ2) is 7.41. The number of nitrogens with one attached hydrogen (secondary N) is 2. The van der Waals surface area contributed by atoms with Gasteiger partial charge in [0, 0.05) is 19.6 Å². The standard InChI is InChI=1S/C19H29N3O3/c1-13(2)15-4-3-5-16(10-15)14-6-8-22(9-7-14)18(23)17-11-21-19(24,25)12-20-17/h3-5,10,13-14,17,20-21,24-25H,6-9,11-12H2,1-2H3. The van der Waals surface area contributed by atoms with Gasteiger partial charge in [0.1, 0.15) is 0 Å². The smallest absolute Gasteiger partial charge is 0.241 e. The summed E-state index contributed by atoms with van der Waals surface area (Å²) in [5.41, 5.74) is 2.74. The van der Waals surface area contributed by atoms with E-state index < -0.39 is 12.0 Å². The number of amides is 1. The summed E-state index contributed by atoms with van der Waals surface area (Å²) in [6.45, 7) is 6.08. The summed E-state index contributed by atoms with van der Waals surface area (Å²) >= 11 is 0. The van der Waals surface area contributed by atoms with Crippen molar-refractivity contribution >= 4 is 5.91 Å². The molecule has 1 aromatic carbocycles. The van der Waals surface area contributed by atoms with Crippen LogP contribution < -0.4 is 10.6 Å². The van der Waals surface area contributed by atoms with E-state index in [1.807, 2.05) is 4.90 Å². The number of benzene rings is 1. The van der Waals surface area contributed by atoms with Gasteiger partial charge in [0.2, 0.25) is 11.8 Å². The lowest BCUT2D eigenvalue weighted by Crippen LogP contribution is -2.66. The van der Waals surface area contributed by atoms with Gasteiger partial charge in [0.05, 0.1) is 12.6 Å². The zero-order valence-electron chi connectivity index (χ0n) is 15.0. The van der Waals surface area contributed by atoms with Crippen molar-refractivity contribution in [2.75, 3.05) is 26.2 Å². The van der Waals surface area contributed by atoms with E-state index in [1.165, 1.54) is 11.1 Å². The lowest BCUT2D eigenvalue weighted by atomic mass is 9.87. The largest absolute Gasteiger partial charge is 0.352 e. The number of piperidine rings is 1. The monoisotopic (exact) mass is 347 g/mol. The zero-order chi connectivity index (χ0) is 18.0. The predicted octanol–water partition coefficient (Wildman–Crippen LogP) is 0.716. The third-order valence-electron chi connectivity index (χ3n) is 5.34. The molecule has 1 unspecified atom stereocenters. The molecule has 0 spiro atoms. The van der Waals surface area contributed by atoms with Gasteiger partial charge in [-0.2, -0.15) is 0 Å². The molecule has 0 bridgehead atoms. The van der Waals surface area contributed by atoms with Crippen molar-refractivity contribution in [2.24, 2.45) is 0 Å². The van der Waals surface area contributed by atoms with E-state index in [1.54, 1.807) is 0 Å². The third-order valence-corrected chi connectivity index (χ3v) is 5.34. The van der Waals surface area contributed by atoms with Crippen LogP contribution in [0, 0.1) is 0 Å². The van der Waals surface area contributed by atoms with Gasteiger partial charge in [-0.3, -0.25) is 15.4 Å². The van der Waals surface area contributed by atoms with Crippen LogP contribution >= 0.6 is 0 Å². The molecule has 2 fully saturated rings. The maximum Gasteiger partial charge on any atom is 0.241 e. The second-order valence-corrected chi connectivity index (χ2v) is 7.56. The van der Waals surface area contributed by atoms with E-state index in [2.05, 4.69) is 48.7 Å². The number of carbonyl (C=O) groups is 1. The number of nitrogens with zero attached hydrogens (tertiary/aromatic N) is 1. The highest BCUT2D eigenvalue weighted by atomic mass is 16.5. The van der Waals surface area contributed by atoms with Crippen molar-refractivity contribution in [3.05, 3.63) is 35.4 Å². The highest BCUT2D eigenvalue weighted by Crippen LogP contribution is 2.30. The summed E-state index contributed by atoms with van der Waals surface area (Å²) < 4.78 is 0. The quantitative estimate of drug-likeness (QED) is 0.606. The molecular weight excluding hydrogens is 318 g/mol. The molecule has 2 aliphatic rings. The first-order valence-electron chi connectivity index (χ1n) is 9.17.